The molecule has 3 aliphatic rings. The van der Waals surface area contributed by atoms with E-state index in [1.165, 1.54) is 26.2 Å². The topological polar surface area (TPSA) is 117 Å². The molecule has 11 heteroatoms. The second-order valence-electron chi connectivity index (χ2n) is 9.08. The second kappa shape index (κ2) is 7.97. The number of non-ortho nitro benzene ring substituents is 1. The number of piperazine rings is 1. The van der Waals surface area contributed by atoms with Crippen molar-refractivity contribution in [2.75, 3.05) is 50.6 Å². The molecule has 2 aromatic rings. The molecule has 0 radical (unpaired) electrons. The summed E-state index contributed by atoms with van der Waals surface area (Å²) in [6, 6.07) is 10.8. The number of carbonyl (C=O) groups is 3. The highest BCUT2D eigenvalue weighted by Crippen LogP contribution is 2.47. The smallest absolute Gasteiger partial charge is 0.332 e. The fraction of sp³-hybridized carbons (Fsp3) is 0.375. The van der Waals surface area contributed by atoms with Gasteiger partial charge in [-0.15, -0.1) is 0 Å². The van der Waals surface area contributed by atoms with Crippen LogP contribution in [-0.2, 0) is 16.0 Å². The number of carbonyl (C=O) groups excluding carboxylic acids is 3. The molecule has 1 spiro atoms. The van der Waals surface area contributed by atoms with E-state index < -0.39 is 34.2 Å². The molecule has 0 saturated carbocycles. The van der Waals surface area contributed by atoms with Crippen LogP contribution in [0.3, 0.4) is 0 Å². The number of barbiturate groups is 1. The van der Waals surface area contributed by atoms with E-state index in [0.717, 1.165) is 26.9 Å². The van der Waals surface area contributed by atoms with Crippen LogP contribution < -0.4 is 14.5 Å². The van der Waals surface area contributed by atoms with Gasteiger partial charge in [-0.2, -0.15) is 0 Å². The number of amides is 4. The average Bonchev–Trinajstić information content (AvgIpc) is 2.89. The molecule has 0 N–H and O–H groups in total. The molecule has 4 amide bonds. The molecule has 0 aliphatic carbocycles. The minimum atomic E-state index is -1.59. The van der Waals surface area contributed by atoms with Crippen molar-refractivity contribution in [2.45, 2.75) is 12.5 Å². The van der Waals surface area contributed by atoms with Crippen LogP contribution in [-0.4, -0.2) is 79.4 Å². The number of ether oxygens (including phenoxy) is 1. The number of nitro groups is 1. The zero-order chi connectivity index (χ0) is 25.1. The zero-order valence-electron chi connectivity index (χ0n) is 19.6. The lowest BCUT2D eigenvalue weighted by Crippen LogP contribution is -2.74. The van der Waals surface area contributed by atoms with E-state index in [4.69, 9.17) is 4.74 Å². The fourth-order valence-electron chi connectivity index (χ4n) is 5.57. The van der Waals surface area contributed by atoms with Crippen molar-refractivity contribution in [1.29, 1.82) is 0 Å². The van der Waals surface area contributed by atoms with E-state index in [1.807, 2.05) is 29.2 Å². The summed E-state index contributed by atoms with van der Waals surface area (Å²) in [6.45, 7) is 1.46. The van der Waals surface area contributed by atoms with Crippen LogP contribution >= 0.6 is 0 Å². The Labute approximate surface area is 201 Å². The summed E-state index contributed by atoms with van der Waals surface area (Å²) in [4.78, 5) is 57.0. The van der Waals surface area contributed by atoms with E-state index in [-0.39, 0.29) is 12.1 Å². The van der Waals surface area contributed by atoms with Gasteiger partial charge in [-0.3, -0.25) is 29.5 Å². The lowest BCUT2D eigenvalue weighted by atomic mass is 9.67. The van der Waals surface area contributed by atoms with Crippen LogP contribution in [0.2, 0.25) is 0 Å². The molecule has 0 bridgehead atoms. The monoisotopic (exact) mass is 479 g/mol. The third kappa shape index (κ3) is 3.22. The van der Waals surface area contributed by atoms with Gasteiger partial charge in [-0.25, -0.2) is 4.79 Å². The van der Waals surface area contributed by atoms with Crippen molar-refractivity contribution in [3.8, 4) is 5.75 Å². The molecule has 3 heterocycles. The standard InChI is InChI=1S/C24H25N5O6/c1-25-21(30)24(22(31)26(2)23(25)32)13-15-12-17(29(33)34)6-9-19(15)28-11-10-27(14-20(24)28)16-4-7-18(35-3)8-5-16/h4-9,12,20H,10-11,13-14H2,1-3H3. The third-order valence-electron chi connectivity index (χ3n) is 7.39. The number of nitrogens with zero attached hydrogens (tertiary/aromatic N) is 5. The molecule has 3 aliphatic heterocycles. The van der Waals surface area contributed by atoms with Crippen molar-refractivity contribution >= 4 is 34.9 Å². The quantitative estimate of drug-likeness (QED) is 0.372. The Hall–Kier alpha value is -4.15. The van der Waals surface area contributed by atoms with E-state index in [9.17, 15) is 24.5 Å². The summed E-state index contributed by atoms with van der Waals surface area (Å²) in [7, 11) is 4.33. The maximum Gasteiger partial charge on any atom is 0.332 e. The predicted molar refractivity (Wildman–Crippen MR) is 127 cm³/mol. The number of hydrogen-bond acceptors (Lipinski definition) is 8. The normalized spacial score (nSPS) is 21.2. The highest BCUT2D eigenvalue weighted by molar-refractivity contribution is 6.20. The lowest BCUT2D eigenvalue weighted by molar-refractivity contribution is -0.384. The van der Waals surface area contributed by atoms with Gasteiger partial charge in [0.15, 0.2) is 5.41 Å². The summed E-state index contributed by atoms with van der Waals surface area (Å²) in [5.74, 6) is -0.458. The third-order valence-corrected chi connectivity index (χ3v) is 7.39. The number of nitro benzene ring substituents is 1. The maximum absolute atomic E-state index is 13.7. The van der Waals surface area contributed by atoms with Crippen LogP contribution in [0, 0.1) is 15.5 Å². The van der Waals surface area contributed by atoms with Crippen LogP contribution in [0.4, 0.5) is 21.9 Å². The lowest BCUT2D eigenvalue weighted by Gasteiger charge is -2.56. The fourth-order valence-corrected chi connectivity index (χ4v) is 5.57. The summed E-state index contributed by atoms with van der Waals surface area (Å²) >= 11 is 0. The summed E-state index contributed by atoms with van der Waals surface area (Å²) in [5.41, 5.74) is 0.533. The molecule has 2 fully saturated rings. The number of methoxy groups -OCH3 is 1. The molecule has 1 atom stereocenters. The Bertz CT molecular complexity index is 1220. The van der Waals surface area contributed by atoms with Crippen molar-refractivity contribution in [3.63, 3.8) is 0 Å². The van der Waals surface area contributed by atoms with Crippen LogP contribution in [0.5, 0.6) is 5.75 Å². The Morgan fingerprint density at radius 1 is 1.00 bits per heavy atom. The van der Waals surface area contributed by atoms with E-state index in [1.54, 1.807) is 13.2 Å². The van der Waals surface area contributed by atoms with Gasteiger partial charge in [-0.05, 0) is 35.9 Å². The van der Waals surface area contributed by atoms with E-state index in [2.05, 4.69) is 4.90 Å². The van der Waals surface area contributed by atoms with Gasteiger partial charge in [0.05, 0.1) is 18.1 Å². The first-order chi connectivity index (χ1) is 16.7. The van der Waals surface area contributed by atoms with Gasteiger partial charge < -0.3 is 14.5 Å². The highest BCUT2D eigenvalue weighted by Gasteiger charge is 2.64. The number of imide groups is 2. The van der Waals surface area contributed by atoms with Gasteiger partial charge in [0, 0.05) is 63.7 Å². The zero-order valence-corrected chi connectivity index (χ0v) is 19.6. The Kier molecular flexibility index (Phi) is 5.15. The van der Waals surface area contributed by atoms with Gasteiger partial charge in [0.1, 0.15) is 5.75 Å². The number of rotatable bonds is 3. The predicted octanol–water partition coefficient (Wildman–Crippen LogP) is 1.89. The van der Waals surface area contributed by atoms with Gasteiger partial charge in [0.2, 0.25) is 11.8 Å². The first kappa shape index (κ1) is 22.6. The summed E-state index contributed by atoms with van der Waals surface area (Å²) in [5, 5.41) is 11.4. The molecule has 5 rings (SSSR count). The van der Waals surface area contributed by atoms with Crippen molar-refractivity contribution < 1.29 is 24.0 Å². The first-order valence-electron chi connectivity index (χ1n) is 11.2. The number of hydrogen-bond donors (Lipinski definition) is 0. The Morgan fingerprint density at radius 3 is 2.26 bits per heavy atom. The number of benzene rings is 2. The summed E-state index contributed by atoms with van der Waals surface area (Å²) in [6.07, 6.45) is -0.0265. The number of fused-ring (bicyclic) bond motifs is 4. The van der Waals surface area contributed by atoms with Gasteiger partial charge in [0.25, 0.3) is 5.69 Å². The SMILES string of the molecule is COc1ccc(N2CCN3c4ccc([N+](=O)[O-])cc4CC4(C(=O)N(C)C(=O)N(C)C4=O)C3C2)cc1. The Balaban J connectivity index is 1.63. The molecule has 0 aromatic heterocycles. The minimum Gasteiger partial charge on any atom is -0.497 e. The van der Waals surface area contributed by atoms with Gasteiger partial charge in [-0.1, -0.05) is 0 Å². The highest BCUT2D eigenvalue weighted by atomic mass is 16.6. The molecule has 182 valence electrons. The molecule has 11 nitrogen and oxygen atoms in total. The molecule has 35 heavy (non-hydrogen) atoms. The van der Waals surface area contributed by atoms with Crippen molar-refractivity contribution in [1.82, 2.24) is 9.80 Å². The number of anilines is 2. The second-order valence-corrected chi connectivity index (χ2v) is 9.08. The largest absolute Gasteiger partial charge is 0.497 e. The van der Waals surface area contributed by atoms with Crippen LogP contribution in [0.15, 0.2) is 42.5 Å². The first-order valence-corrected chi connectivity index (χ1v) is 11.2. The van der Waals surface area contributed by atoms with Crippen LogP contribution in [0.25, 0.3) is 0 Å². The van der Waals surface area contributed by atoms with Crippen LogP contribution in [0.1, 0.15) is 5.56 Å². The van der Waals surface area contributed by atoms with E-state index >= 15 is 0 Å². The molecular weight excluding hydrogens is 454 g/mol. The molecule has 2 aromatic carbocycles. The van der Waals surface area contributed by atoms with Crippen molar-refractivity contribution in [3.05, 3.63) is 58.1 Å². The van der Waals surface area contributed by atoms with Gasteiger partial charge >= 0.3 is 6.03 Å². The molecule has 1 unspecified atom stereocenters. The minimum absolute atomic E-state index is 0.0265. The summed E-state index contributed by atoms with van der Waals surface area (Å²) < 4.78 is 5.25. The number of urea groups is 1. The van der Waals surface area contributed by atoms with Crippen molar-refractivity contribution in [2.24, 2.45) is 5.41 Å². The average molecular weight is 479 g/mol. The maximum atomic E-state index is 13.7. The Morgan fingerprint density at radius 2 is 1.66 bits per heavy atom. The molecule has 2 saturated heterocycles. The molecular formula is C24H25N5O6. The van der Waals surface area contributed by atoms with E-state index in [0.29, 0.717) is 25.2 Å².